The molecule has 0 bridgehead atoms. The van der Waals surface area contributed by atoms with E-state index < -0.39 is 29.3 Å². The minimum atomic E-state index is -1.36. The molecule has 1 N–H and O–H groups in total. The van der Waals surface area contributed by atoms with Gasteiger partial charge in [-0.1, -0.05) is 0 Å². The maximum atomic E-state index is 12.4. The third-order valence-electron chi connectivity index (χ3n) is 3.43. The van der Waals surface area contributed by atoms with Gasteiger partial charge < -0.3 is 14.6 Å². The van der Waals surface area contributed by atoms with Gasteiger partial charge in [-0.2, -0.15) is 0 Å². The van der Waals surface area contributed by atoms with Crippen LogP contribution in [-0.2, 0) is 14.3 Å². The average molecular weight is 287 g/mol. The molecule has 1 amide bonds. The average Bonchev–Trinajstić information content (AvgIpc) is 2.58. The van der Waals surface area contributed by atoms with Crippen LogP contribution in [0.2, 0.25) is 0 Å². The lowest BCUT2D eigenvalue weighted by molar-refractivity contribution is -0.156. The molecular formula is C14H25NO5. The Morgan fingerprint density at radius 1 is 1.40 bits per heavy atom. The van der Waals surface area contributed by atoms with Crippen molar-refractivity contribution >= 4 is 12.1 Å². The highest BCUT2D eigenvalue weighted by Gasteiger charge is 2.56. The van der Waals surface area contributed by atoms with E-state index in [9.17, 15) is 14.7 Å². The van der Waals surface area contributed by atoms with Crippen LogP contribution in [0.3, 0.4) is 0 Å². The molecule has 6 nitrogen and oxygen atoms in total. The molecule has 0 aliphatic carbocycles. The number of hydrogen-bond acceptors (Lipinski definition) is 4. The van der Waals surface area contributed by atoms with Gasteiger partial charge in [-0.3, -0.25) is 4.90 Å². The number of hydrogen-bond donors (Lipinski definition) is 1. The fourth-order valence-electron chi connectivity index (χ4n) is 2.58. The normalized spacial score (nSPS) is 26.6. The molecule has 1 rings (SSSR count). The first-order valence-electron chi connectivity index (χ1n) is 6.89. The fraction of sp³-hybridized carbons (Fsp3) is 0.857. The Balaban J connectivity index is 3.17. The van der Waals surface area contributed by atoms with Gasteiger partial charge in [-0.05, 0) is 41.5 Å². The molecular weight excluding hydrogens is 262 g/mol. The van der Waals surface area contributed by atoms with Gasteiger partial charge in [0.05, 0.1) is 12.7 Å². The number of nitrogens with zero attached hydrogens (tertiary/aromatic N) is 1. The summed E-state index contributed by atoms with van der Waals surface area (Å²) in [7, 11) is 0. The third-order valence-corrected chi connectivity index (χ3v) is 3.43. The van der Waals surface area contributed by atoms with E-state index in [-0.39, 0.29) is 12.5 Å². The number of rotatable bonds is 3. The number of carbonyl (C=O) groups is 2. The first-order chi connectivity index (χ1) is 9.02. The summed E-state index contributed by atoms with van der Waals surface area (Å²) in [6, 6.07) is -0.301. The van der Waals surface area contributed by atoms with Gasteiger partial charge in [0.25, 0.3) is 0 Å². The SMILES string of the molecule is CC(C)N(C(=O)OC(C)(C)C)C1(C(=O)O)CCOC1C. The second-order valence-corrected chi connectivity index (χ2v) is 6.44. The van der Waals surface area contributed by atoms with Gasteiger partial charge in [-0.15, -0.1) is 0 Å². The summed E-state index contributed by atoms with van der Waals surface area (Å²) >= 11 is 0. The van der Waals surface area contributed by atoms with Gasteiger partial charge in [0.1, 0.15) is 5.60 Å². The van der Waals surface area contributed by atoms with Gasteiger partial charge in [0, 0.05) is 12.5 Å². The van der Waals surface area contributed by atoms with Crippen LogP contribution >= 0.6 is 0 Å². The molecule has 1 heterocycles. The Morgan fingerprint density at radius 3 is 2.25 bits per heavy atom. The summed E-state index contributed by atoms with van der Waals surface area (Å²) in [5.74, 6) is -1.05. The number of ether oxygens (including phenoxy) is 2. The zero-order chi connectivity index (χ0) is 15.7. The predicted molar refractivity (Wildman–Crippen MR) is 73.6 cm³/mol. The fourth-order valence-corrected chi connectivity index (χ4v) is 2.58. The van der Waals surface area contributed by atoms with E-state index in [2.05, 4.69) is 0 Å². The predicted octanol–water partition coefficient (Wildman–Crippen LogP) is 2.26. The Bertz CT molecular complexity index is 388. The maximum Gasteiger partial charge on any atom is 0.411 e. The Morgan fingerprint density at radius 2 is 1.95 bits per heavy atom. The van der Waals surface area contributed by atoms with Crippen LogP contribution in [0, 0.1) is 0 Å². The van der Waals surface area contributed by atoms with Crippen LogP contribution in [0.25, 0.3) is 0 Å². The molecule has 0 saturated carbocycles. The Hall–Kier alpha value is -1.30. The van der Waals surface area contributed by atoms with E-state index in [1.807, 2.05) is 0 Å². The van der Waals surface area contributed by atoms with E-state index in [0.717, 1.165) is 0 Å². The maximum absolute atomic E-state index is 12.4. The highest BCUT2D eigenvalue weighted by Crippen LogP contribution is 2.35. The molecule has 2 unspecified atom stereocenters. The molecule has 0 spiro atoms. The molecule has 1 aliphatic heterocycles. The van der Waals surface area contributed by atoms with Crippen molar-refractivity contribution in [3.05, 3.63) is 0 Å². The van der Waals surface area contributed by atoms with Crippen molar-refractivity contribution < 1.29 is 24.2 Å². The van der Waals surface area contributed by atoms with Crippen molar-refractivity contribution in [3.8, 4) is 0 Å². The number of amides is 1. The number of aliphatic carboxylic acids is 1. The van der Waals surface area contributed by atoms with Gasteiger partial charge >= 0.3 is 12.1 Å². The van der Waals surface area contributed by atoms with Crippen LogP contribution < -0.4 is 0 Å². The molecule has 0 aromatic rings. The summed E-state index contributed by atoms with van der Waals surface area (Å²) in [6.07, 6.45) is -0.928. The van der Waals surface area contributed by atoms with Crippen molar-refractivity contribution in [2.24, 2.45) is 0 Å². The van der Waals surface area contributed by atoms with Crippen LogP contribution in [0.5, 0.6) is 0 Å². The van der Waals surface area contributed by atoms with Gasteiger partial charge in [-0.25, -0.2) is 9.59 Å². The third kappa shape index (κ3) is 3.06. The highest BCUT2D eigenvalue weighted by atomic mass is 16.6. The number of carboxylic acids is 1. The van der Waals surface area contributed by atoms with Crippen LogP contribution in [-0.4, -0.2) is 52.0 Å². The highest BCUT2D eigenvalue weighted by molar-refractivity contribution is 5.86. The minimum absolute atomic E-state index is 0.265. The quantitative estimate of drug-likeness (QED) is 0.861. The molecule has 1 saturated heterocycles. The smallest absolute Gasteiger partial charge is 0.411 e. The van der Waals surface area contributed by atoms with E-state index in [1.54, 1.807) is 41.5 Å². The lowest BCUT2D eigenvalue weighted by Crippen LogP contribution is -2.63. The lowest BCUT2D eigenvalue weighted by atomic mass is 9.89. The first kappa shape index (κ1) is 16.8. The van der Waals surface area contributed by atoms with Crippen molar-refractivity contribution in [2.75, 3.05) is 6.61 Å². The summed E-state index contributed by atoms with van der Waals surface area (Å²) in [4.78, 5) is 25.6. The molecule has 2 atom stereocenters. The largest absolute Gasteiger partial charge is 0.479 e. The summed E-state index contributed by atoms with van der Waals surface area (Å²) in [5, 5.41) is 9.67. The minimum Gasteiger partial charge on any atom is -0.479 e. The molecule has 116 valence electrons. The molecule has 6 heteroatoms. The van der Waals surface area contributed by atoms with Crippen molar-refractivity contribution in [1.82, 2.24) is 4.90 Å². The lowest BCUT2D eigenvalue weighted by Gasteiger charge is -2.42. The van der Waals surface area contributed by atoms with Gasteiger partial charge in [0.2, 0.25) is 0 Å². The van der Waals surface area contributed by atoms with E-state index >= 15 is 0 Å². The second-order valence-electron chi connectivity index (χ2n) is 6.44. The summed E-state index contributed by atoms with van der Waals surface area (Å²) in [6.45, 7) is 10.8. The van der Waals surface area contributed by atoms with E-state index in [4.69, 9.17) is 9.47 Å². The van der Waals surface area contributed by atoms with Crippen molar-refractivity contribution in [3.63, 3.8) is 0 Å². The second kappa shape index (κ2) is 5.60. The van der Waals surface area contributed by atoms with Crippen molar-refractivity contribution in [1.29, 1.82) is 0 Å². The zero-order valence-corrected chi connectivity index (χ0v) is 13.1. The van der Waals surface area contributed by atoms with Crippen LogP contribution in [0.1, 0.15) is 48.0 Å². The molecule has 1 fully saturated rings. The molecule has 20 heavy (non-hydrogen) atoms. The number of carboxylic acid groups (broad SMARTS) is 1. The topological polar surface area (TPSA) is 76.1 Å². The number of carbonyl (C=O) groups excluding carboxylic acids is 1. The van der Waals surface area contributed by atoms with Crippen LogP contribution in [0.15, 0.2) is 0 Å². The van der Waals surface area contributed by atoms with E-state index in [1.165, 1.54) is 4.90 Å². The Labute approximate surface area is 120 Å². The first-order valence-corrected chi connectivity index (χ1v) is 6.89. The molecule has 1 aliphatic rings. The molecule has 0 aromatic heterocycles. The molecule has 0 aromatic carbocycles. The van der Waals surface area contributed by atoms with E-state index in [0.29, 0.717) is 6.61 Å². The summed E-state index contributed by atoms with van der Waals surface area (Å²) < 4.78 is 10.8. The van der Waals surface area contributed by atoms with Gasteiger partial charge in [0.15, 0.2) is 5.54 Å². The summed E-state index contributed by atoms with van der Waals surface area (Å²) in [5.41, 5.74) is -2.04. The van der Waals surface area contributed by atoms with Crippen molar-refractivity contribution in [2.45, 2.75) is 71.2 Å². The standard InChI is InChI=1S/C14H25NO5/c1-9(2)15(12(18)20-13(4,5)6)14(11(16)17)7-8-19-10(14)3/h9-10H,7-8H2,1-6H3,(H,16,17). The Kier molecular flexibility index (Phi) is 4.69. The monoisotopic (exact) mass is 287 g/mol. The van der Waals surface area contributed by atoms with Crippen LogP contribution in [0.4, 0.5) is 4.79 Å². The molecule has 0 radical (unpaired) electrons. The zero-order valence-electron chi connectivity index (χ0n) is 13.1.